The minimum Gasteiger partial charge on any atom is -0.354 e. The van der Waals surface area contributed by atoms with Gasteiger partial charge in [0.1, 0.15) is 11.6 Å². The number of anilines is 1. The van der Waals surface area contributed by atoms with Crippen molar-refractivity contribution >= 4 is 22.5 Å². The first-order chi connectivity index (χ1) is 15.6. The Kier molecular flexibility index (Phi) is 5.36. The van der Waals surface area contributed by atoms with Crippen molar-refractivity contribution in [1.82, 2.24) is 29.4 Å². The second kappa shape index (κ2) is 8.47. The van der Waals surface area contributed by atoms with Crippen molar-refractivity contribution in [3.8, 4) is 11.3 Å². The third kappa shape index (κ3) is 4.09. The molecule has 4 heterocycles. The number of aromatic nitrogens is 5. The van der Waals surface area contributed by atoms with Gasteiger partial charge in [0, 0.05) is 62.1 Å². The van der Waals surface area contributed by atoms with E-state index in [1.807, 2.05) is 42.1 Å². The molecule has 0 aliphatic carbocycles. The number of nitrogens with zero attached hydrogens (tertiary/aromatic N) is 7. The number of carbonyl (C=O) groups excluding carboxylic acids is 1. The number of benzene rings is 1. The zero-order valence-corrected chi connectivity index (χ0v) is 18.3. The maximum Gasteiger partial charge on any atom is 0.170 e. The molecule has 0 radical (unpaired) electrons. The number of fused-ring (bicyclic) bond motifs is 1. The fraction of sp³-hybridized carbons (Fsp3) is 0.292. The van der Waals surface area contributed by atoms with Crippen LogP contribution in [0.3, 0.4) is 0 Å². The van der Waals surface area contributed by atoms with Gasteiger partial charge in [0.25, 0.3) is 0 Å². The smallest absolute Gasteiger partial charge is 0.170 e. The van der Waals surface area contributed by atoms with E-state index < -0.39 is 0 Å². The Morgan fingerprint density at radius 2 is 1.84 bits per heavy atom. The van der Waals surface area contributed by atoms with E-state index in [-0.39, 0.29) is 12.2 Å². The molecule has 3 aromatic heterocycles. The van der Waals surface area contributed by atoms with Crippen LogP contribution in [-0.2, 0) is 13.5 Å². The molecule has 0 saturated carbocycles. The SMILES string of the molecule is CN1CCN(c2cc(C(=O)Cc3ncc4ccc(-c5cncn5C)cc4n3)ccn2)CC1. The van der Waals surface area contributed by atoms with Crippen LogP contribution in [0.15, 0.2) is 55.2 Å². The van der Waals surface area contributed by atoms with E-state index in [9.17, 15) is 4.79 Å². The maximum atomic E-state index is 13.0. The third-order valence-electron chi connectivity index (χ3n) is 5.96. The van der Waals surface area contributed by atoms with Crippen molar-refractivity contribution in [3.05, 3.63) is 66.6 Å². The standard InChI is InChI=1S/C24H25N7O/c1-29-7-9-31(10-8-29)24-12-18(5-6-26-24)22(32)13-23-27-14-19-4-3-17(11-20(19)28-23)21-15-25-16-30(21)2/h3-6,11-12,14-16H,7-10,13H2,1-2H3. The van der Waals surface area contributed by atoms with Gasteiger partial charge in [-0.2, -0.15) is 0 Å². The molecular weight excluding hydrogens is 402 g/mol. The Morgan fingerprint density at radius 1 is 1.00 bits per heavy atom. The number of imidazole rings is 1. The second-order valence-corrected chi connectivity index (χ2v) is 8.24. The molecule has 32 heavy (non-hydrogen) atoms. The van der Waals surface area contributed by atoms with Crippen LogP contribution in [-0.4, -0.2) is 68.4 Å². The number of piperazine rings is 1. The molecule has 1 aliphatic rings. The average Bonchev–Trinajstić information content (AvgIpc) is 3.25. The van der Waals surface area contributed by atoms with Crippen molar-refractivity contribution in [2.45, 2.75) is 6.42 Å². The normalized spacial score (nSPS) is 14.8. The van der Waals surface area contributed by atoms with E-state index in [2.05, 4.69) is 36.8 Å². The van der Waals surface area contributed by atoms with Crippen LogP contribution in [0.1, 0.15) is 16.2 Å². The lowest BCUT2D eigenvalue weighted by atomic mass is 10.1. The van der Waals surface area contributed by atoms with Gasteiger partial charge in [0.15, 0.2) is 5.78 Å². The summed E-state index contributed by atoms with van der Waals surface area (Å²) in [6, 6.07) is 9.69. The minimum atomic E-state index is -0.00934. The van der Waals surface area contributed by atoms with Crippen LogP contribution < -0.4 is 4.90 Å². The summed E-state index contributed by atoms with van der Waals surface area (Å²) in [7, 11) is 4.08. The van der Waals surface area contributed by atoms with Crippen molar-refractivity contribution in [1.29, 1.82) is 0 Å². The van der Waals surface area contributed by atoms with E-state index in [1.165, 1.54) is 0 Å². The molecule has 1 saturated heterocycles. The molecule has 1 aromatic carbocycles. The predicted octanol–water partition coefficient (Wildman–Crippen LogP) is 2.60. The summed E-state index contributed by atoms with van der Waals surface area (Å²) < 4.78 is 1.97. The van der Waals surface area contributed by atoms with Crippen LogP contribution in [0.4, 0.5) is 5.82 Å². The first kappa shape index (κ1) is 20.3. The van der Waals surface area contributed by atoms with Crippen molar-refractivity contribution < 1.29 is 4.79 Å². The number of hydrogen-bond acceptors (Lipinski definition) is 7. The second-order valence-electron chi connectivity index (χ2n) is 8.24. The molecule has 0 N–H and O–H groups in total. The number of carbonyl (C=O) groups is 1. The zero-order chi connectivity index (χ0) is 22.1. The van der Waals surface area contributed by atoms with Crippen molar-refractivity contribution in [2.75, 3.05) is 38.1 Å². The summed E-state index contributed by atoms with van der Waals surface area (Å²) in [5.41, 5.74) is 3.49. The summed E-state index contributed by atoms with van der Waals surface area (Å²) in [4.78, 5) is 35.3. The highest BCUT2D eigenvalue weighted by molar-refractivity contribution is 5.98. The quantitative estimate of drug-likeness (QED) is 0.453. The third-order valence-corrected chi connectivity index (χ3v) is 5.96. The fourth-order valence-electron chi connectivity index (χ4n) is 3.99. The molecule has 1 fully saturated rings. The van der Waals surface area contributed by atoms with Gasteiger partial charge in [-0.1, -0.05) is 12.1 Å². The van der Waals surface area contributed by atoms with Gasteiger partial charge in [0.2, 0.25) is 0 Å². The molecule has 0 spiro atoms. The molecule has 1 aliphatic heterocycles. The molecule has 8 nitrogen and oxygen atoms in total. The summed E-state index contributed by atoms with van der Waals surface area (Å²) in [6.45, 7) is 3.80. The van der Waals surface area contributed by atoms with E-state index in [4.69, 9.17) is 0 Å². The molecule has 0 amide bonds. The number of hydrogen-bond donors (Lipinski definition) is 0. The van der Waals surface area contributed by atoms with Gasteiger partial charge in [-0.15, -0.1) is 0 Å². The van der Waals surface area contributed by atoms with Gasteiger partial charge in [-0.05, 0) is 25.2 Å². The highest BCUT2D eigenvalue weighted by Crippen LogP contribution is 2.23. The van der Waals surface area contributed by atoms with Crippen LogP contribution in [0.25, 0.3) is 22.2 Å². The van der Waals surface area contributed by atoms with E-state index in [1.54, 1.807) is 24.8 Å². The van der Waals surface area contributed by atoms with Gasteiger partial charge in [-0.25, -0.2) is 19.9 Å². The minimum absolute atomic E-state index is 0.00934. The fourth-order valence-corrected chi connectivity index (χ4v) is 3.99. The van der Waals surface area contributed by atoms with Crippen LogP contribution in [0, 0.1) is 0 Å². The number of ketones is 1. The summed E-state index contributed by atoms with van der Waals surface area (Å²) in [5, 5.41) is 0.938. The molecule has 0 bridgehead atoms. The van der Waals surface area contributed by atoms with E-state index in [0.717, 1.165) is 54.2 Å². The number of rotatable bonds is 5. The highest BCUT2D eigenvalue weighted by Gasteiger charge is 2.17. The Bertz CT molecular complexity index is 1270. The van der Waals surface area contributed by atoms with Gasteiger partial charge >= 0.3 is 0 Å². The predicted molar refractivity (Wildman–Crippen MR) is 124 cm³/mol. The topological polar surface area (TPSA) is 80.0 Å². The molecule has 5 rings (SSSR count). The lowest BCUT2D eigenvalue weighted by Crippen LogP contribution is -2.44. The Labute approximate surface area is 186 Å². The lowest BCUT2D eigenvalue weighted by Gasteiger charge is -2.33. The molecule has 4 aromatic rings. The van der Waals surface area contributed by atoms with Crippen molar-refractivity contribution in [3.63, 3.8) is 0 Å². The number of likely N-dealkylation sites (N-methyl/N-ethyl adjacent to an activating group) is 1. The molecule has 162 valence electrons. The average molecular weight is 428 g/mol. The number of pyridine rings is 1. The van der Waals surface area contributed by atoms with Gasteiger partial charge in [-0.3, -0.25) is 4.79 Å². The molecule has 8 heteroatoms. The monoisotopic (exact) mass is 427 g/mol. The van der Waals surface area contributed by atoms with Crippen LogP contribution >= 0.6 is 0 Å². The van der Waals surface area contributed by atoms with E-state index in [0.29, 0.717) is 11.4 Å². The number of Topliss-reactive ketones (excluding diaryl/α,β-unsaturated/α-hetero) is 1. The molecular formula is C24H25N7O. The molecule has 0 unspecified atom stereocenters. The Hall–Kier alpha value is -3.65. The Morgan fingerprint density at radius 3 is 2.62 bits per heavy atom. The maximum absolute atomic E-state index is 13.0. The Balaban J connectivity index is 1.36. The van der Waals surface area contributed by atoms with Gasteiger partial charge in [0.05, 0.1) is 30.2 Å². The summed E-state index contributed by atoms with van der Waals surface area (Å²) in [5.74, 6) is 1.36. The van der Waals surface area contributed by atoms with E-state index >= 15 is 0 Å². The first-order valence-electron chi connectivity index (χ1n) is 10.7. The van der Waals surface area contributed by atoms with Crippen LogP contribution in [0.2, 0.25) is 0 Å². The largest absolute Gasteiger partial charge is 0.354 e. The van der Waals surface area contributed by atoms with Crippen LogP contribution in [0.5, 0.6) is 0 Å². The number of aryl methyl sites for hydroxylation is 1. The molecule has 0 atom stereocenters. The zero-order valence-electron chi connectivity index (χ0n) is 18.3. The highest BCUT2D eigenvalue weighted by atomic mass is 16.1. The summed E-state index contributed by atoms with van der Waals surface area (Å²) >= 11 is 0. The summed E-state index contributed by atoms with van der Waals surface area (Å²) in [6.07, 6.45) is 7.24. The first-order valence-corrected chi connectivity index (χ1v) is 10.7. The van der Waals surface area contributed by atoms with Crippen molar-refractivity contribution in [2.24, 2.45) is 7.05 Å². The van der Waals surface area contributed by atoms with Gasteiger partial charge < -0.3 is 14.4 Å². The lowest BCUT2D eigenvalue weighted by molar-refractivity contribution is 0.0991.